The molecule has 1 amide bonds. The van der Waals surface area contributed by atoms with E-state index in [-0.39, 0.29) is 0 Å². The summed E-state index contributed by atoms with van der Waals surface area (Å²) in [5.74, 6) is 0.868. The van der Waals surface area contributed by atoms with Gasteiger partial charge in [-0.1, -0.05) is 11.6 Å². The van der Waals surface area contributed by atoms with Crippen molar-refractivity contribution in [2.24, 2.45) is 11.7 Å². The molecular weight excluding hydrogens is 276 g/mol. The summed E-state index contributed by atoms with van der Waals surface area (Å²) < 4.78 is 5.84. The predicted molar refractivity (Wildman–Crippen MR) is 78.2 cm³/mol. The Balaban J connectivity index is 1.68. The Hall–Kier alpha value is -1.26. The third-order valence-electron chi connectivity index (χ3n) is 4.41. The molecule has 2 bridgehead atoms. The molecule has 0 spiro atoms. The number of carbonyl (C=O) groups excluding carboxylic acids is 1. The van der Waals surface area contributed by atoms with Crippen molar-refractivity contribution in [1.29, 1.82) is 0 Å². The Morgan fingerprint density at radius 3 is 2.75 bits per heavy atom. The minimum Gasteiger partial charge on any atom is -0.491 e. The average Bonchev–Trinajstić information content (AvgIpc) is 2.47. The highest BCUT2D eigenvalue weighted by Crippen LogP contribution is 2.32. The smallest absolute Gasteiger partial charge is 0.252 e. The lowest BCUT2D eigenvalue weighted by molar-refractivity contribution is 0.0236. The fourth-order valence-electron chi connectivity index (χ4n) is 3.27. The maximum absolute atomic E-state index is 11.4. The molecule has 5 heteroatoms. The van der Waals surface area contributed by atoms with Gasteiger partial charge in [-0.25, -0.2) is 0 Å². The zero-order valence-corrected chi connectivity index (χ0v) is 12.1. The molecule has 2 N–H and O–H groups in total. The van der Waals surface area contributed by atoms with Crippen molar-refractivity contribution in [3.8, 4) is 5.75 Å². The number of ether oxygens (including phenoxy) is 1. The Morgan fingerprint density at radius 1 is 1.40 bits per heavy atom. The van der Waals surface area contributed by atoms with Gasteiger partial charge in [0, 0.05) is 11.1 Å². The van der Waals surface area contributed by atoms with Gasteiger partial charge >= 0.3 is 0 Å². The van der Waals surface area contributed by atoms with Crippen molar-refractivity contribution in [3.63, 3.8) is 0 Å². The summed E-state index contributed by atoms with van der Waals surface area (Å²) in [5.41, 5.74) is 5.72. The highest BCUT2D eigenvalue weighted by atomic mass is 35.5. The van der Waals surface area contributed by atoms with Crippen molar-refractivity contribution >= 4 is 17.5 Å². The maximum atomic E-state index is 11.4. The summed E-state index contributed by atoms with van der Waals surface area (Å²) in [6.45, 7) is 2.95. The fraction of sp³-hybridized carbons (Fsp3) is 0.533. The minimum atomic E-state index is -0.507. The quantitative estimate of drug-likeness (QED) is 0.927. The van der Waals surface area contributed by atoms with Crippen molar-refractivity contribution in [3.05, 3.63) is 28.8 Å². The van der Waals surface area contributed by atoms with Crippen molar-refractivity contribution in [2.45, 2.75) is 25.3 Å². The van der Waals surface area contributed by atoms with E-state index in [1.165, 1.54) is 32.4 Å². The lowest BCUT2D eigenvalue weighted by Crippen LogP contribution is -2.51. The number of hydrogen-bond acceptors (Lipinski definition) is 3. The number of carbonyl (C=O) groups is 1. The summed E-state index contributed by atoms with van der Waals surface area (Å²) in [7, 11) is 0. The zero-order valence-electron chi connectivity index (χ0n) is 11.3. The number of primary amides is 1. The van der Waals surface area contributed by atoms with E-state index in [9.17, 15) is 4.79 Å². The van der Waals surface area contributed by atoms with Crippen molar-refractivity contribution < 1.29 is 9.53 Å². The molecule has 0 aliphatic carbocycles. The molecular formula is C15H19ClN2O2. The molecule has 4 rings (SSSR count). The number of halogens is 1. The van der Waals surface area contributed by atoms with E-state index in [2.05, 4.69) is 4.90 Å². The minimum absolute atomic E-state index is 0.355. The molecule has 108 valence electrons. The number of amides is 1. The van der Waals surface area contributed by atoms with E-state index in [0.29, 0.717) is 29.0 Å². The predicted octanol–water partition coefficient (Wildman–Crippen LogP) is 2.30. The largest absolute Gasteiger partial charge is 0.491 e. The van der Waals surface area contributed by atoms with E-state index in [1.807, 2.05) is 0 Å². The second kappa shape index (κ2) is 5.62. The van der Waals surface area contributed by atoms with Gasteiger partial charge in [0.05, 0.1) is 5.56 Å². The Kier molecular flexibility index (Phi) is 3.85. The first-order chi connectivity index (χ1) is 9.63. The number of nitrogens with zero attached hydrogens (tertiary/aromatic N) is 1. The van der Waals surface area contributed by atoms with Gasteiger partial charge in [-0.3, -0.25) is 9.69 Å². The number of rotatable bonds is 4. The van der Waals surface area contributed by atoms with Gasteiger partial charge in [-0.2, -0.15) is 0 Å². The lowest BCUT2D eigenvalue weighted by atomic mass is 9.83. The first kappa shape index (κ1) is 13.7. The lowest BCUT2D eigenvalue weighted by Gasteiger charge is -2.45. The molecule has 3 aliphatic heterocycles. The van der Waals surface area contributed by atoms with Crippen LogP contribution < -0.4 is 10.5 Å². The van der Waals surface area contributed by atoms with Gasteiger partial charge in [-0.15, -0.1) is 0 Å². The highest BCUT2D eigenvalue weighted by Gasteiger charge is 2.33. The molecule has 3 fully saturated rings. The van der Waals surface area contributed by atoms with Crippen LogP contribution in [-0.2, 0) is 0 Å². The fourth-order valence-corrected chi connectivity index (χ4v) is 3.44. The SMILES string of the molecule is NC(=O)c1cc(Cl)ccc1OCC1CC2CCN1CC2. The third kappa shape index (κ3) is 2.76. The van der Waals surface area contributed by atoms with Gasteiger partial charge in [0.15, 0.2) is 0 Å². The van der Waals surface area contributed by atoms with Crippen LogP contribution in [0, 0.1) is 5.92 Å². The summed E-state index contributed by atoms with van der Waals surface area (Å²) in [5, 5.41) is 0.492. The van der Waals surface area contributed by atoms with Crippen LogP contribution in [0.3, 0.4) is 0 Å². The van der Waals surface area contributed by atoms with E-state index >= 15 is 0 Å². The van der Waals surface area contributed by atoms with Crippen LogP contribution >= 0.6 is 11.6 Å². The van der Waals surface area contributed by atoms with Crippen LogP contribution in [0.25, 0.3) is 0 Å². The first-order valence-corrected chi connectivity index (χ1v) is 7.47. The number of benzene rings is 1. The summed E-state index contributed by atoms with van der Waals surface area (Å²) in [6, 6.07) is 5.46. The molecule has 1 aromatic rings. The molecule has 0 saturated carbocycles. The molecule has 3 saturated heterocycles. The van der Waals surface area contributed by atoms with E-state index in [0.717, 1.165) is 5.92 Å². The van der Waals surface area contributed by atoms with Gasteiger partial charge in [0.2, 0.25) is 0 Å². The van der Waals surface area contributed by atoms with Crippen LogP contribution in [0.4, 0.5) is 0 Å². The summed E-state index contributed by atoms with van der Waals surface area (Å²) in [4.78, 5) is 13.9. The monoisotopic (exact) mass is 294 g/mol. The van der Waals surface area contributed by atoms with Crippen molar-refractivity contribution in [2.75, 3.05) is 19.7 Å². The second-order valence-electron chi connectivity index (χ2n) is 5.68. The molecule has 1 unspecified atom stereocenters. The summed E-state index contributed by atoms with van der Waals surface area (Å²) >= 11 is 5.89. The standard InChI is InChI=1S/C15H19ClN2O2/c16-11-1-2-14(13(8-11)15(17)19)20-9-12-7-10-3-5-18(12)6-4-10/h1-2,8,10,12H,3-7,9H2,(H2,17,19). The normalized spacial score (nSPS) is 28.4. The molecule has 3 heterocycles. The van der Waals surface area contributed by atoms with Gasteiger partial charge < -0.3 is 10.5 Å². The molecule has 0 aromatic heterocycles. The van der Waals surface area contributed by atoms with Crippen LogP contribution in [0.15, 0.2) is 18.2 Å². The second-order valence-corrected chi connectivity index (χ2v) is 6.12. The molecule has 20 heavy (non-hydrogen) atoms. The third-order valence-corrected chi connectivity index (χ3v) is 4.64. The van der Waals surface area contributed by atoms with Crippen LogP contribution in [0.5, 0.6) is 5.75 Å². The average molecular weight is 295 g/mol. The molecule has 0 radical (unpaired) electrons. The number of nitrogens with two attached hydrogens (primary N) is 1. The maximum Gasteiger partial charge on any atom is 0.252 e. The first-order valence-electron chi connectivity index (χ1n) is 7.09. The number of fused-ring (bicyclic) bond motifs is 3. The molecule has 1 atom stereocenters. The number of hydrogen-bond donors (Lipinski definition) is 1. The van der Waals surface area contributed by atoms with Gasteiger partial charge in [0.25, 0.3) is 5.91 Å². The Morgan fingerprint density at radius 2 is 2.15 bits per heavy atom. The summed E-state index contributed by atoms with van der Waals surface area (Å²) in [6.07, 6.45) is 3.81. The van der Waals surface area contributed by atoms with Crippen molar-refractivity contribution in [1.82, 2.24) is 4.90 Å². The zero-order chi connectivity index (χ0) is 14.1. The highest BCUT2D eigenvalue weighted by molar-refractivity contribution is 6.31. The Labute approximate surface area is 123 Å². The van der Waals surface area contributed by atoms with E-state index < -0.39 is 5.91 Å². The topological polar surface area (TPSA) is 55.6 Å². The number of piperidine rings is 3. The van der Waals surface area contributed by atoms with E-state index in [4.69, 9.17) is 22.1 Å². The van der Waals surface area contributed by atoms with Crippen LogP contribution in [0.2, 0.25) is 5.02 Å². The molecule has 3 aliphatic rings. The van der Waals surface area contributed by atoms with Crippen LogP contribution in [-0.4, -0.2) is 36.5 Å². The Bertz CT molecular complexity index is 513. The molecule has 4 nitrogen and oxygen atoms in total. The molecule has 1 aromatic carbocycles. The van der Waals surface area contributed by atoms with Crippen LogP contribution in [0.1, 0.15) is 29.6 Å². The van der Waals surface area contributed by atoms with Gasteiger partial charge in [0.1, 0.15) is 12.4 Å². The van der Waals surface area contributed by atoms with Gasteiger partial charge in [-0.05, 0) is 56.5 Å². The van der Waals surface area contributed by atoms with E-state index in [1.54, 1.807) is 18.2 Å².